The zero-order valence-corrected chi connectivity index (χ0v) is 16.0. The van der Waals surface area contributed by atoms with Crippen LogP contribution in [0, 0.1) is 11.7 Å². The van der Waals surface area contributed by atoms with E-state index < -0.39 is 23.1 Å². The van der Waals surface area contributed by atoms with Gasteiger partial charge in [0.05, 0.1) is 16.6 Å². The van der Waals surface area contributed by atoms with E-state index in [1.54, 1.807) is 37.3 Å². The van der Waals surface area contributed by atoms with Crippen LogP contribution < -0.4 is 16.6 Å². The van der Waals surface area contributed by atoms with E-state index in [2.05, 4.69) is 5.32 Å². The molecular weight excluding hydrogens is 361 g/mol. The third kappa shape index (κ3) is 3.47. The molecule has 0 radical (unpaired) electrons. The van der Waals surface area contributed by atoms with Gasteiger partial charge in [-0.2, -0.15) is 0 Å². The van der Waals surface area contributed by atoms with Gasteiger partial charge in [0.15, 0.2) is 0 Å². The average Bonchev–Trinajstić information content (AvgIpc) is 2.67. The summed E-state index contributed by atoms with van der Waals surface area (Å²) in [7, 11) is 0. The number of carbonyl (C=O) groups is 1. The van der Waals surface area contributed by atoms with Crippen LogP contribution in [0.25, 0.3) is 16.6 Å². The van der Waals surface area contributed by atoms with E-state index in [0.29, 0.717) is 12.1 Å². The van der Waals surface area contributed by atoms with Crippen LogP contribution >= 0.6 is 0 Å². The maximum atomic E-state index is 14.3. The highest BCUT2D eigenvalue weighted by Gasteiger charge is 2.23. The van der Waals surface area contributed by atoms with Crippen molar-refractivity contribution in [1.29, 1.82) is 0 Å². The van der Waals surface area contributed by atoms with Gasteiger partial charge < -0.3 is 5.32 Å². The van der Waals surface area contributed by atoms with Gasteiger partial charge in [0.25, 0.3) is 5.56 Å². The van der Waals surface area contributed by atoms with Gasteiger partial charge >= 0.3 is 5.69 Å². The summed E-state index contributed by atoms with van der Waals surface area (Å²) in [5, 5.41) is 3.03. The Morgan fingerprint density at radius 3 is 2.36 bits per heavy atom. The molecular formula is C21H22FN3O3. The predicted octanol–water partition coefficient (Wildman–Crippen LogP) is 2.62. The number of nitrogens with one attached hydrogen (secondary N) is 1. The van der Waals surface area contributed by atoms with E-state index in [9.17, 15) is 18.8 Å². The molecule has 1 unspecified atom stereocenters. The lowest BCUT2D eigenvalue weighted by atomic mass is 10.2. The van der Waals surface area contributed by atoms with Crippen LogP contribution in [0.15, 0.2) is 58.1 Å². The maximum absolute atomic E-state index is 14.3. The first kappa shape index (κ1) is 19.5. The van der Waals surface area contributed by atoms with Crippen LogP contribution in [0.1, 0.15) is 26.8 Å². The second-order valence-corrected chi connectivity index (χ2v) is 7.08. The van der Waals surface area contributed by atoms with Gasteiger partial charge in [-0.25, -0.2) is 13.8 Å². The SMILES string of the molecule is CC(C)CNC(=O)C(C)n1c(=O)n(-c2ccccc2F)c(=O)c2ccccc21. The predicted molar refractivity (Wildman–Crippen MR) is 106 cm³/mol. The van der Waals surface area contributed by atoms with E-state index in [1.807, 2.05) is 13.8 Å². The van der Waals surface area contributed by atoms with Crippen molar-refractivity contribution in [2.24, 2.45) is 5.92 Å². The normalized spacial score (nSPS) is 12.3. The molecule has 1 aromatic heterocycles. The number of fused-ring (bicyclic) bond motifs is 1. The van der Waals surface area contributed by atoms with Crippen molar-refractivity contribution in [2.75, 3.05) is 6.54 Å². The minimum absolute atomic E-state index is 0.146. The van der Waals surface area contributed by atoms with E-state index >= 15 is 0 Å². The lowest BCUT2D eigenvalue weighted by Crippen LogP contribution is -2.44. The molecule has 6 nitrogen and oxygen atoms in total. The monoisotopic (exact) mass is 383 g/mol. The molecule has 0 bridgehead atoms. The second-order valence-electron chi connectivity index (χ2n) is 7.08. The van der Waals surface area contributed by atoms with Crippen molar-refractivity contribution in [2.45, 2.75) is 26.8 Å². The van der Waals surface area contributed by atoms with Crippen molar-refractivity contribution in [3.05, 3.63) is 75.2 Å². The summed E-state index contributed by atoms with van der Waals surface area (Å²) in [6, 6.07) is 11.2. The fraction of sp³-hybridized carbons (Fsp3) is 0.286. The molecule has 0 spiro atoms. The van der Waals surface area contributed by atoms with Crippen molar-refractivity contribution in [1.82, 2.24) is 14.5 Å². The highest BCUT2D eigenvalue weighted by atomic mass is 19.1. The first-order chi connectivity index (χ1) is 13.3. The molecule has 2 aromatic carbocycles. The molecule has 3 rings (SSSR count). The molecule has 0 aliphatic heterocycles. The second kappa shape index (κ2) is 7.80. The Hall–Kier alpha value is -3.22. The summed E-state index contributed by atoms with van der Waals surface area (Å²) in [4.78, 5) is 38.8. The number of amides is 1. The number of halogens is 1. The van der Waals surface area contributed by atoms with Crippen molar-refractivity contribution in [3.63, 3.8) is 0 Å². The quantitative estimate of drug-likeness (QED) is 0.736. The number of benzene rings is 2. The maximum Gasteiger partial charge on any atom is 0.336 e. The highest BCUT2D eigenvalue weighted by molar-refractivity contribution is 5.84. The van der Waals surface area contributed by atoms with E-state index in [-0.39, 0.29) is 22.9 Å². The molecule has 3 aromatic rings. The molecule has 1 N–H and O–H groups in total. The first-order valence-electron chi connectivity index (χ1n) is 9.11. The fourth-order valence-corrected chi connectivity index (χ4v) is 3.07. The summed E-state index contributed by atoms with van der Waals surface area (Å²) in [6.45, 7) is 5.97. The number of nitrogens with zero attached hydrogens (tertiary/aromatic N) is 2. The van der Waals surface area contributed by atoms with Crippen molar-refractivity contribution >= 4 is 16.8 Å². The van der Waals surface area contributed by atoms with Gasteiger partial charge in [-0.1, -0.05) is 38.1 Å². The van der Waals surface area contributed by atoms with Crippen LogP contribution in [-0.4, -0.2) is 21.6 Å². The first-order valence-corrected chi connectivity index (χ1v) is 9.11. The minimum Gasteiger partial charge on any atom is -0.354 e. The van der Waals surface area contributed by atoms with Crippen molar-refractivity contribution < 1.29 is 9.18 Å². The molecule has 0 saturated heterocycles. The summed E-state index contributed by atoms with van der Waals surface area (Å²) in [5.41, 5.74) is -1.21. The molecule has 1 heterocycles. The van der Waals surface area contributed by atoms with Gasteiger partial charge in [0, 0.05) is 6.54 Å². The third-order valence-corrected chi connectivity index (χ3v) is 4.54. The third-order valence-electron chi connectivity index (χ3n) is 4.54. The van der Waals surface area contributed by atoms with Gasteiger partial charge in [-0.3, -0.25) is 14.2 Å². The number of hydrogen-bond acceptors (Lipinski definition) is 3. The largest absolute Gasteiger partial charge is 0.354 e. The zero-order valence-electron chi connectivity index (χ0n) is 16.0. The Balaban J connectivity index is 2.28. The summed E-state index contributed by atoms with van der Waals surface area (Å²) >= 11 is 0. The molecule has 146 valence electrons. The zero-order chi connectivity index (χ0) is 20.4. The Labute approximate surface area is 161 Å². The molecule has 28 heavy (non-hydrogen) atoms. The van der Waals surface area contributed by atoms with Crippen LogP contribution in [0.2, 0.25) is 0 Å². The molecule has 0 fully saturated rings. The number of para-hydroxylation sites is 2. The van der Waals surface area contributed by atoms with Gasteiger partial charge in [-0.05, 0) is 37.1 Å². The average molecular weight is 383 g/mol. The standard InChI is InChI=1S/C21H22FN3O3/c1-13(2)12-23-19(26)14(3)24-17-10-6-4-8-15(17)20(27)25(21(24)28)18-11-7-5-9-16(18)22/h4-11,13-14H,12H2,1-3H3,(H,23,26). The van der Waals surface area contributed by atoms with Crippen molar-refractivity contribution in [3.8, 4) is 5.69 Å². The van der Waals surface area contributed by atoms with Crippen LogP contribution in [0.3, 0.4) is 0 Å². The van der Waals surface area contributed by atoms with Gasteiger partial charge in [-0.15, -0.1) is 0 Å². The Bertz CT molecular complexity index is 1150. The highest BCUT2D eigenvalue weighted by Crippen LogP contribution is 2.16. The van der Waals surface area contributed by atoms with Crippen LogP contribution in [0.4, 0.5) is 4.39 Å². The van der Waals surface area contributed by atoms with Crippen LogP contribution in [-0.2, 0) is 4.79 Å². The lowest BCUT2D eigenvalue weighted by molar-refractivity contribution is -0.124. The number of rotatable bonds is 5. The molecule has 7 heteroatoms. The molecule has 0 aliphatic rings. The van der Waals surface area contributed by atoms with Gasteiger partial charge in [0.1, 0.15) is 11.9 Å². The Morgan fingerprint density at radius 1 is 1.04 bits per heavy atom. The lowest BCUT2D eigenvalue weighted by Gasteiger charge is -2.20. The Kier molecular flexibility index (Phi) is 5.44. The molecule has 0 aliphatic carbocycles. The van der Waals surface area contributed by atoms with E-state index in [0.717, 1.165) is 4.57 Å². The smallest absolute Gasteiger partial charge is 0.336 e. The summed E-state index contributed by atoms with van der Waals surface area (Å²) in [6.07, 6.45) is 0. The summed E-state index contributed by atoms with van der Waals surface area (Å²) in [5.74, 6) is -0.794. The fourth-order valence-electron chi connectivity index (χ4n) is 3.07. The number of hydrogen-bond donors (Lipinski definition) is 1. The van der Waals surface area contributed by atoms with E-state index in [1.165, 1.54) is 22.8 Å². The number of carbonyl (C=O) groups excluding carboxylic acids is 1. The molecule has 1 amide bonds. The molecule has 0 saturated carbocycles. The van der Waals surface area contributed by atoms with Gasteiger partial charge in [0.2, 0.25) is 5.91 Å². The molecule has 1 atom stereocenters. The number of aromatic nitrogens is 2. The topological polar surface area (TPSA) is 73.1 Å². The summed E-state index contributed by atoms with van der Waals surface area (Å²) < 4.78 is 16.4. The van der Waals surface area contributed by atoms with Crippen LogP contribution in [0.5, 0.6) is 0 Å². The Morgan fingerprint density at radius 2 is 1.68 bits per heavy atom. The van der Waals surface area contributed by atoms with E-state index in [4.69, 9.17) is 0 Å². The minimum atomic E-state index is -0.880.